The summed E-state index contributed by atoms with van der Waals surface area (Å²) in [5.74, 6) is -3.75. The molecule has 3 heterocycles. The molecule has 49 heavy (non-hydrogen) atoms. The second-order valence-electron chi connectivity index (χ2n) is 12.3. The third kappa shape index (κ3) is 8.72. The van der Waals surface area contributed by atoms with Gasteiger partial charge in [0.2, 0.25) is 11.8 Å². The summed E-state index contributed by atoms with van der Waals surface area (Å²) in [5, 5.41) is 15.1. The van der Waals surface area contributed by atoms with Crippen molar-refractivity contribution in [1.29, 1.82) is 0 Å². The molecule has 0 bridgehead atoms. The van der Waals surface area contributed by atoms with Crippen molar-refractivity contribution >= 4 is 46.6 Å². The van der Waals surface area contributed by atoms with Crippen molar-refractivity contribution in [3.63, 3.8) is 0 Å². The monoisotopic (exact) mass is 684 g/mol. The van der Waals surface area contributed by atoms with E-state index in [1.807, 2.05) is 0 Å². The van der Waals surface area contributed by atoms with E-state index in [0.29, 0.717) is 19.4 Å². The standard InChI is InChI=1S/C33H41FN6O9/c1-2-48-33(47)39-15-13-38(14-16-39)32(46)24(10-11-29(42)43)37-30(44)25-18-27(22-17-20(34)8-9-23(22)36-25)49-19-28(41)40-12-4-7-26(40)31(45)35-21-5-3-6-21/h8-9,17-18,21,24,26H,2-7,10-16,19H2,1H3,(H,35,45)(H,37,44)(H,42,43). The smallest absolute Gasteiger partial charge is 0.409 e. The molecule has 1 saturated carbocycles. The number of nitrogens with one attached hydrogen (secondary N) is 2. The molecule has 2 unspecified atom stereocenters. The molecule has 15 nitrogen and oxygen atoms in total. The molecule has 2 aromatic rings. The summed E-state index contributed by atoms with van der Waals surface area (Å²) in [7, 11) is 0. The van der Waals surface area contributed by atoms with Crippen molar-refractivity contribution in [2.24, 2.45) is 0 Å². The van der Waals surface area contributed by atoms with Crippen LogP contribution in [0.15, 0.2) is 24.3 Å². The fourth-order valence-corrected chi connectivity index (χ4v) is 6.11. The predicted octanol–water partition coefficient (Wildman–Crippen LogP) is 1.68. The summed E-state index contributed by atoms with van der Waals surface area (Å²) in [6.07, 6.45) is 2.96. The van der Waals surface area contributed by atoms with E-state index in [-0.39, 0.29) is 73.5 Å². The fraction of sp³-hybridized carbons (Fsp3) is 0.545. The molecule has 2 saturated heterocycles. The molecule has 2 aliphatic heterocycles. The third-order valence-electron chi connectivity index (χ3n) is 9.01. The third-order valence-corrected chi connectivity index (χ3v) is 9.01. The van der Waals surface area contributed by atoms with Gasteiger partial charge in [0.1, 0.15) is 29.3 Å². The molecule has 0 radical (unpaired) electrons. The van der Waals surface area contributed by atoms with Crippen LogP contribution in [-0.4, -0.2) is 125 Å². The average molecular weight is 685 g/mol. The number of carboxylic acids is 1. The van der Waals surface area contributed by atoms with Crippen LogP contribution in [0, 0.1) is 5.82 Å². The number of likely N-dealkylation sites (tertiary alicyclic amines) is 1. The highest BCUT2D eigenvalue weighted by Crippen LogP contribution is 2.28. The zero-order chi connectivity index (χ0) is 35.1. The molecule has 3 aliphatic rings. The van der Waals surface area contributed by atoms with E-state index in [2.05, 4.69) is 15.6 Å². The first kappa shape index (κ1) is 35.3. The van der Waals surface area contributed by atoms with Crippen molar-refractivity contribution in [1.82, 2.24) is 30.3 Å². The number of fused-ring (bicyclic) bond motifs is 1. The Balaban J connectivity index is 1.29. The minimum atomic E-state index is -1.23. The number of carboxylic acid groups (broad SMARTS) is 1. The number of aromatic nitrogens is 1. The largest absolute Gasteiger partial charge is 0.483 e. The maximum Gasteiger partial charge on any atom is 0.409 e. The van der Waals surface area contributed by atoms with Gasteiger partial charge < -0.3 is 39.9 Å². The fourth-order valence-electron chi connectivity index (χ4n) is 6.11. The molecule has 3 fully saturated rings. The number of piperazine rings is 1. The first-order chi connectivity index (χ1) is 23.5. The second kappa shape index (κ2) is 15.9. The number of pyridine rings is 1. The lowest BCUT2D eigenvalue weighted by atomic mass is 9.93. The van der Waals surface area contributed by atoms with Crippen LogP contribution < -0.4 is 15.4 Å². The van der Waals surface area contributed by atoms with Gasteiger partial charge in [0, 0.05) is 56.6 Å². The Bertz CT molecular complexity index is 1590. The number of aliphatic carboxylic acids is 1. The highest BCUT2D eigenvalue weighted by atomic mass is 19.1. The van der Waals surface area contributed by atoms with Gasteiger partial charge in [-0.2, -0.15) is 0 Å². The molecule has 1 aromatic carbocycles. The summed E-state index contributed by atoms with van der Waals surface area (Å²) >= 11 is 0. The van der Waals surface area contributed by atoms with Crippen molar-refractivity contribution in [3.05, 3.63) is 35.8 Å². The number of nitrogens with zero attached hydrogens (tertiary/aromatic N) is 4. The minimum absolute atomic E-state index is 0.0128. The quantitative estimate of drug-likeness (QED) is 0.297. The van der Waals surface area contributed by atoms with E-state index in [9.17, 15) is 38.3 Å². The normalized spacial score (nSPS) is 18.4. The van der Waals surface area contributed by atoms with Gasteiger partial charge in [0.05, 0.1) is 12.1 Å². The zero-order valence-electron chi connectivity index (χ0n) is 27.3. The van der Waals surface area contributed by atoms with Gasteiger partial charge in [-0.15, -0.1) is 0 Å². The Hall–Kier alpha value is -5.02. The first-order valence-electron chi connectivity index (χ1n) is 16.6. The van der Waals surface area contributed by atoms with E-state index in [1.54, 1.807) is 6.92 Å². The van der Waals surface area contributed by atoms with Crippen molar-refractivity contribution < 1.29 is 47.7 Å². The number of carbonyl (C=O) groups excluding carboxylic acids is 5. The van der Waals surface area contributed by atoms with E-state index < -0.39 is 60.7 Å². The molecule has 5 rings (SSSR count). The summed E-state index contributed by atoms with van der Waals surface area (Å²) < 4.78 is 25.2. The number of ether oxygens (including phenoxy) is 2. The number of rotatable bonds is 12. The maximum atomic E-state index is 14.3. The molecule has 16 heteroatoms. The number of carbonyl (C=O) groups is 6. The van der Waals surface area contributed by atoms with Crippen LogP contribution in [0.3, 0.4) is 0 Å². The molecule has 3 N–H and O–H groups in total. The second-order valence-corrected chi connectivity index (χ2v) is 12.3. The van der Waals surface area contributed by atoms with Crippen LogP contribution in [-0.2, 0) is 23.9 Å². The van der Waals surface area contributed by atoms with Gasteiger partial charge in [0.15, 0.2) is 6.61 Å². The molecule has 1 aromatic heterocycles. The van der Waals surface area contributed by atoms with E-state index in [4.69, 9.17) is 9.47 Å². The van der Waals surface area contributed by atoms with Gasteiger partial charge in [-0.05, 0) is 63.6 Å². The van der Waals surface area contributed by atoms with Crippen LogP contribution >= 0.6 is 0 Å². The minimum Gasteiger partial charge on any atom is -0.483 e. The van der Waals surface area contributed by atoms with Gasteiger partial charge in [0.25, 0.3) is 11.8 Å². The predicted molar refractivity (Wildman–Crippen MR) is 171 cm³/mol. The van der Waals surface area contributed by atoms with Gasteiger partial charge in [-0.3, -0.25) is 24.0 Å². The Morgan fingerprint density at radius 3 is 2.41 bits per heavy atom. The number of hydrogen-bond acceptors (Lipinski definition) is 9. The maximum absolute atomic E-state index is 14.3. The molecular weight excluding hydrogens is 643 g/mol. The molecule has 5 amide bonds. The van der Waals surface area contributed by atoms with E-state index >= 15 is 0 Å². The zero-order valence-corrected chi connectivity index (χ0v) is 27.3. The molecule has 1 aliphatic carbocycles. The highest BCUT2D eigenvalue weighted by molar-refractivity contribution is 5.99. The lowest BCUT2D eigenvalue weighted by Gasteiger charge is -2.35. The molecule has 264 valence electrons. The lowest BCUT2D eigenvalue weighted by molar-refractivity contribution is -0.140. The SMILES string of the molecule is CCOC(=O)N1CCN(C(=O)C(CCC(=O)O)NC(=O)c2cc(OCC(=O)N3CCCC3C(=O)NC3CCC3)c3cc(F)ccc3n2)CC1. The molecule has 0 spiro atoms. The Morgan fingerprint density at radius 1 is 1.00 bits per heavy atom. The summed E-state index contributed by atoms with van der Waals surface area (Å²) in [6.45, 7) is 2.51. The number of amides is 5. The summed E-state index contributed by atoms with van der Waals surface area (Å²) in [5.41, 5.74) is -0.0281. The van der Waals surface area contributed by atoms with Crippen molar-refractivity contribution in [2.45, 2.75) is 70.0 Å². The van der Waals surface area contributed by atoms with Gasteiger partial charge in [-0.1, -0.05) is 0 Å². The van der Waals surface area contributed by atoms with Crippen LogP contribution in [0.2, 0.25) is 0 Å². The number of hydrogen-bond donors (Lipinski definition) is 3. The van der Waals surface area contributed by atoms with E-state index in [0.717, 1.165) is 31.4 Å². The van der Waals surface area contributed by atoms with Crippen LogP contribution in [0.25, 0.3) is 10.9 Å². The Labute approximate surface area is 282 Å². The van der Waals surface area contributed by atoms with Crippen LogP contribution in [0.4, 0.5) is 9.18 Å². The van der Waals surface area contributed by atoms with Crippen LogP contribution in [0.5, 0.6) is 5.75 Å². The number of halogens is 1. The van der Waals surface area contributed by atoms with E-state index in [1.165, 1.54) is 26.8 Å². The van der Waals surface area contributed by atoms with Gasteiger partial charge >= 0.3 is 12.1 Å². The summed E-state index contributed by atoms with van der Waals surface area (Å²) in [6, 6.07) is 3.16. The topological polar surface area (TPSA) is 188 Å². The molecular formula is C33H41FN6O9. The van der Waals surface area contributed by atoms with Crippen molar-refractivity contribution in [2.75, 3.05) is 45.9 Å². The Morgan fingerprint density at radius 2 is 1.73 bits per heavy atom. The van der Waals surface area contributed by atoms with Gasteiger partial charge in [-0.25, -0.2) is 14.2 Å². The lowest BCUT2D eigenvalue weighted by Crippen LogP contribution is -2.56. The van der Waals surface area contributed by atoms with Crippen molar-refractivity contribution in [3.8, 4) is 5.75 Å². The highest BCUT2D eigenvalue weighted by Gasteiger charge is 2.36. The molecule has 2 atom stereocenters. The van der Waals surface area contributed by atoms with Crippen LogP contribution in [0.1, 0.15) is 62.4 Å². The first-order valence-corrected chi connectivity index (χ1v) is 16.6. The Kier molecular flexibility index (Phi) is 11.5. The summed E-state index contributed by atoms with van der Waals surface area (Å²) in [4.78, 5) is 85.2. The average Bonchev–Trinajstić information content (AvgIpc) is 3.57. The number of benzene rings is 1.